The molecule has 0 spiro atoms. The molecule has 0 amide bonds. The number of aromatic nitrogens is 1. The molecule has 4 saturated carbocycles. The molecule has 1 heterocycles. The number of fused-ring (bicyclic) bond motifs is 1. The van der Waals surface area contributed by atoms with Gasteiger partial charge in [0.05, 0.1) is 27.9 Å². The van der Waals surface area contributed by atoms with E-state index in [9.17, 15) is 9.50 Å². The van der Waals surface area contributed by atoms with Gasteiger partial charge in [0.1, 0.15) is 17.3 Å². The van der Waals surface area contributed by atoms with Gasteiger partial charge in [-0.3, -0.25) is 0 Å². The van der Waals surface area contributed by atoms with Gasteiger partial charge in [0.25, 0.3) is 0 Å². The van der Waals surface area contributed by atoms with Crippen molar-refractivity contribution < 1.29 is 18.8 Å². The second-order valence-electron chi connectivity index (χ2n) is 10.6. The second-order valence-corrected chi connectivity index (χ2v) is 12.3. The molecule has 0 aliphatic heterocycles. The van der Waals surface area contributed by atoms with Crippen molar-refractivity contribution in [2.24, 2.45) is 17.8 Å². The molecule has 4 fully saturated rings. The van der Waals surface area contributed by atoms with Crippen LogP contribution in [-0.4, -0.2) is 15.9 Å². The van der Waals surface area contributed by atoms with Crippen LogP contribution in [0.3, 0.4) is 0 Å². The Balaban J connectivity index is 1.17. The molecular weight excluding hydrogens is 556 g/mol. The number of hydrogen-bond acceptors (Lipinski definition) is 4. The maximum absolute atomic E-state index is 14.8. The van der Waals surface area contributed by atoms with Crippen molar-refractivity contribution in [2.45, 2.75) is 55.8 Å². The first-order valence-corrected chi connectivity index (χ1v) is 13.6. The largest absolute Gasteiger partial charge is 0.384 e. The second kappa shape index (κ2) is 7.78. The lowest BCUT2D eigenvalue weighted by atomic mass is 9.53. The van der Waals surface area contributed by atoms with Crippen LogP contribution < -0.4 is 0 Å². The van der Waals surface area contributed by atoms with Crippen molar-refractivity contribution in [3.8, 4) is 11.3 Å². The van der Waals surface area contributed by atoms with Gasteiger partial charge in [-0.15, -0.1) is 0 Å². The lowest BCUT2D eigenvalue weighted by Crippen LogP contribution is -2.62. The average molecular weight is 579 g/mol. The van der Waals surface area contributed by atoms with Crippen LogP contribution in [0, 0.1) is 23.6 Å². The molecule has 2 aromatic carbocycles. The van der Waals surface area contributed by atoms with Gasteiger partial charge in [-0.05, 0) is 68.2 Å². The van der Waals surface area contributed by atoms with Crippen LogP contribution in [0.5, 0.6) is 0 Å². The fourth-order valence-electron chi connectivity index (χ4n) is 7.12. The molecule has 3 aromatic rings. The van der Waals surface area contributed by atoms with Crippen molar-refractivity contribution >= 4 is 39.1 Å². The Bertz CT molecular complexity index is 1340. The summed E-state index contributed by atoms with van der Waals surface area (Å²) in [5, 5.41) is 17.1. The Hall–Kier alpha value is -1.44. The zero-order chi connectivity index (χ0) is 24.1. The van der Waals surface area contributed by atoms with E-state index in [-0.39, 0.29) is 29.2 Å². The topological polar surface area (TPSA) is 55.5 Å². The highest BCUT2D eigenvalue weighted by Gasteiger charge is 2.75. The van der Waals surface area contributed by atoms with Gasteiger partial charge in [-0.25, -0.2) is 4.39 Å². The lowest BCUT2D eigenvalue weighted by Gasteiger charge is -2.59. The number of aliphatic hydroxyl groups is 1. The molecule has 0 radical (unpaired) electrons. The van der Waals surface area contributed by atoms with Crippen LogP contribution in [0.4, 0.5) is 4.39 Å². The normalized spacial score (nSPS) is 32.8. The molecule has 4 nitrogen and oxygen atoms in total. The van der Waals surface area contributed by atoms with E-state index in [1.807, 2.05) is 6.07 Å². The molecule has 8 heteroatoms. The van der Waals surface area contributed by atoms with E-state index in [0.717, 1.165) is 30.6 Å². The third-order valence-corrected chi connectivity index (χ3v) is 10.0. The van der Waals surface area contributed by atoms with Crippen LogP contribution in [0.25, 0.3) is 11.3 Å². The molecule has 1 aromatic heterocycles. The van der Waals surface area contributed by atoms with E-state index >= 15 is 0 Å². The Morgan fingerprint density at radius 1 is 1.14 bits per heavy atom. The van der Waals surface area contributed by atoms with Gasteiger partial charge in [0.15, 0.2) is 0 Å². The number of benzene rings is 2. The Kier molecular flexibility index (Phi) is 5.05. The number of hydrogen-bond donors (Lipinski definition) is 1. The molecule has 1 N–H and O–H groups in total. The van der Waals surface area contributed by atoms with Gasteiger partial charge >= 0.3 is 0 Å². The summed E-state index contributed by atoms with van der Waals surface area (Å²) < 4.78 is 28.0. The molecular formula is C27H23BrCl2FNO3. The number of halogens is 4. The van der Waals surface area contributed by atoms with E-state index in [0.29, 0.717) is 56.7 Å². The maximum Gasteiger partial charge on any atom is 0.145 e. The Morgan fingerprint density at radius 3 is 2.57 bits per heavy atom. The minimum Gasteiger partial charge on any atom is -0.384 e. The van der Waals surface area contributed by atoms with Crippen molar-refractivity contribution in [1.29, 1.82) is 0 Å². The standard InChI is InChI=1S/C27H23BrCl2FNO3/c28-15-6-7-17(22(31)9-15)27(33)14-8-18-19(27)11-26(18,10-14)34-12-16-24(32-35-25(16)13-4-5-13)23-20(29)2-1-3-21(23)30/h1-3,6-7,9,13-14,18-19,33H,4-5,8,10-12H2/t14?,18?,19?,26-,27+/m0/s1. The summed E-state index contributed by atoms with van der Waals surface area (Å²) in [5.74, 6) is 1.04. The van der Waals surface area contributed by atoms with E-state index in [1.165, 1.54) is 6.07 Å². The summed E-state index contributed by atoms with van der Waals surface area (Å²) >= 11 is 16.3. The molecule has 2 bridgehead atoms. The van der Waals surface area contributed by atoms with Gasteiger partial charge in [0, 0.05) is 33.0 Å². The highest BCUT2D eigenvalue weighted by Crippen LogP contribution is 2.74. The summed E-state index contributed by atoms with van der Waals surface area (Å²) in [6.45, 7) is 0.354. The summed E-state index contributed by atoms with van der Waals surface area (Å²) in [6, 6.07) is 10.4. The number of nitrogens with zero attached hydrogens (tertiary/aromatic N) is 1. The fourth-order valence-corrected chi connectivity index (χ4v) is 8.03. The molecule has 4 aliphatic rings. The molecule has 35 heavy (non-hydrogen) atoms. The van der Waals surface area contributed by atoms with Crippen molar-refractivity contribution in [3.05, 3.63) is 73.6 Å². The van der Waals surface area contributed by atoms with Crippen LogP contribution in [0.1, 0.15) is 54.9 Å². The number of rotatable bonds is 6. The van der Waals surface area contributed by atoms with Crippen LogP contribution in [0.15, 0.2) is 45.4 Å². The van der Waals surface area contributed by atoms with Gasteiger partial charge in [-0.2, -0.15) is 0 Å². The molecule has 0 saturated heterocycles. The van der Waals surface area contributed by atoms with Gasteiger partial charge in [0.2, 0.25) is 0 Å². The first-order chi connectivity index (χ1) is 16.8. The minimum atomic E-state index is -1.13. The van der Waals surface area contributed by atoms with Crippen molar-refractivity contribution in [2.75, 3.05) is 0 Å². The summed E-state index contributed by atoms with van der Waals surface area (Å²) in [4.78, 5) is 0. The molecule has 7 rings (SSSR count). The predicted molar refractivity (Wildman–Crippen MR) is 134 cm³/mol. The average Bonchev–Trinajstić information content (AvgIpc) is 3.45. The first kappa shape index (κ1) is 22.7. The van der Waals surface area contributed by atoms with Crippen molar-refractivity contribution in [3.63, 3.8) is 0 Å². The first-order valence-electron chi connectivity index (χ1n) is 12.1. The molecule has 4 aliphatic carbocycles. The smallest absolute Gasteiger partial charge is 0.145 e. The van der Waals surface area contributed by atoms with Gasteiger partial charge < -0.3 is 14.4 Å². The third-order valence-electron chi connectivity index (χ3n) is 8.88. The van der Waals surface area contributed by atoms with E-state index in [4.69, 9.17) is 32.5 Å². The highest BCUT2D eigenvalue weighted by molar-refractivity contribution is 9.10. The zero-order valence-electron chi connectivity index (χ0n) is 18.7. The Morgan fingerprint density at radius 2 is 1.91 bits per heavy atom. The van der Waals surface area contributed by atoms with Crippen LogP contribution >= 0.6 is 39.1 Å². The van der Waals surface area contributed by atoms with Crippen LogP contribution in [-0.2, 0) is 16.9 Å². The highest BCUT2D eigenvalue weighted by atomic mass is 79.9. The predicted octanol–water partition coefficient (Wildman–Crippen LogP) is 7.63. The fraction of sp³-hybridized carbons (Fsp3) is 0.444. The van der Waals surface area contributed by atoms with Gasteiger partial charge in [-0.1, -0.05) is 56.4 Å². The lowest BCUT2D eigenvalue weighted by molar-refractivity contribution is -0.247. The maximum atomic E-state index is 14.8. The summed E-state index contributed by atoms with van der Waals surface area (Å²) in [7, 11) is 0. The van der Waals surface area contributed by atoms with E-state index in [2.05, 4.69) is 21.1 Å². The summed E-state index contributed by atoms with van der Waals surface area (Å²) in [6.07, 6.45) is 4.42. The molecule has 182 valence electrons. The van der Waals surface area contributed by atoms with Crippen molar-refractivity contribution in [1.82, 2.24) is 5.16 Å². The third kappa shape index (κ3) is 3.19. The minimum absolute atomic E-state index is 0.000199. The SMILES string of the molecule is O[C@@]1(c2ccc(Br)cc2F)C2CC3C1C[C@@]3(OCc1c(-c3c(Cl)cccc3Cl)noc1C1CC1)C2. The van der Waals surface area contributed by atoms with Crippen LogP contribution in [0.2, 0.25) is 10.0 Å². The summed E-state index contributed by atoms with van der Waals surface area (Å²) in [5.41, 5.74) is 1.21. The van der Waals surface area contributed by atoms with E-state index < -0.39 is 5.60 Å². The number of ether oxygens (including phenoxy) is 1. The van der Waals surface area contributed by atoms with E-state index in [1.54, 1.807) is 24.3 Å². The monoisotopic (exact) mass is 577 g/mol. The quantitative estimate of drug-likeness (QED) is 0.327. The Labute approximate surface area is 220 Å². The molecule has 3 unspecified atom stereocenters. The zero-order valence-corrected chi connectivity index (χ0v) is 21.8. The molecule has 5 atom stereocenters.